The molecule has 0 bridgehead atoms. The fourth-order valence-electron chi connectivity index (χ4n) is 2.20. The molecule has 0 saturated heterocycles. The molecular formula is C15H19NO3. The van der Waals surface area contributed by atoms with Gasteiger partial charge in [0.2, 0.25) is 0 Å². The number of likely N-dealkylation sites (N-methyl/N-ethyl adjacent to an activating group) is 1. The first-order chi connectivity index (χ1) is 9.13. The van der Waals surface area contributed by atoms with Gasteiger partial charge in [-0.05, 0) is 31.2 Å². The van der Waals surface area contributed by atoms with Gasteiger partial charge in [0.25, 0.3) is 0 Å². The van der Waals surface area contributed by atoms with E-state index in [0.29, 0.717) is 18.7 Å². The van der Waals surface area contributed by atoms with Gasteiger partial charge in [-0.2, -0.15) is 0 Å². The highest BCUT2D eigenvalue weighted by molar-refractivity contribution is 5.80. The second kappa shape index (κ2) is 5.99. The molecule has 4 nitrogen and oxygen atoms in total. The second-order valence-corrected chi connectivity index (χ2v) is 4.68. The third kappa shape index (κ3) is 3.22. The average Bonchev–Trinajstić information content (AvgIpc) is 2.39. The Morgan fingerprint density at radius 1 is 1.32 bits per heavy atom. The van der Waals surface area contributed by atoms with Crippen molar-refractivity contribution in [3.63, 3.8) is 0 Å². The number of aliphatic hydroxyl groups excluding tert-OH is 1. The lowest BCUT2D eigenvalue weighted by molar-refractivity contribution is 0.197. The summed E-state index contributed by atoms with van der Waals surface area (Å²) in [4.78, 5) is 13.7. The summed E-state index contributed by atoms with van der Waals surface area (Å²) < 4.78 is 5.21. The number of nitrogens with zero attached hydrogens (tertiary/aromatic N) is 1. The van der Waals surface area contributed by atoms with Gasteiger partial charge in [0.15, 0.2) is 0 Å². The molecule has 0 aliphatic rings. The molecule has 0 fully saturated rings. The molecule has 0 atom stereocenters. The van der Waals surface area contributed by atoms with Crippen LogP contribution in [0.4, 0.5) is 0 Å². The summed E-state index contributed by atoms with van der Waals surface area (Å²) in [6.45, 7) is 6.24. The van der Waals surface area contributed by atoms with E-state index in [1.54, 1.807) is 6.07 Å². The van der Waals surface area contributed by atoms with Crippen molar-refractivity contribution in [1.29, 1.82) is 0 Å². The van der Waals surface area contributed by atoms with Crippen LogP contribution in [0, 0.1) is 6.92 Å². The van der Waals surface area contributed by atoms with Crippen molar-refractivity contribution >= 4 is 11.0 Å². The van der Waals surface area contributed by atoms with Gasteiger partial charge >= 0.3 is 5.63 Å². The number of aliphatic hydroxyl groups is 1. The standard InChI is InChI=1S/C15H19NO3/c1-3-16(6-7-17)10-12-9-15(18)19-14-5-4-11(2)8-13(12)14/h4-5,8-9,17H,3,6-7,10H2,1-2H3. The molecule has 4 heteroatoms. The van der Waals surface area contributed by atoms with Crippen molar-refractivity contribution in [3.05, 3.63) is 45.8 Å². The fraction of sp³-hybridized carbons (Fsp3) is 0.400. The molecule has 2 rings (SSSR count). The predicted octanol–water partition coefficient (Wildman–Crippen LogP) is 1.92. The van der Waals surface area contributed by atoms with Gasteiger partial charge in [0, 0.05) is 24.5 Å². The number of benzene rings is 1. The van der Waals surface area contributed by atoms with Gasteiger partial charge in [0.05, 0.1) is 6.61 Å². The molecule has 1 N–H and O–H groups in total. The Morgan fingerprint density at radius 3 is 2.79 bits per heavy atom. The maximum absolute atomic E-state index is 11.6. The van der Waals surface area contributed by atoms with E-state index < -0.39 is 0 Å². The van der Waals surface area contributed by atoms with E-state index in [4.69, 9.17) is 9.52 Å². The summed E-state index contributed by atoms with van der Waals surface area (Å²) in [7, 11) is 0. The normalized spacial score (nSPS) is 11.4. The zero-order chi connectivity index (χ0) is 13.8. The summed E-state index contributed by atoms with van der Waals surface area (Å²) in [5.74, 6) is 0. The van der Waals surface area contributed by atoms with E-state index in [0.717, 1.165) is 23.1 Å². The topological polar surface area (TPSA) is 53.7 Å². The Hall–Kier alpha value is -1.65. The minimum atomic E-state index is -0.327. The van der Waals surface area contributed by atoms with Gasteiger partial charge in [-0.3, -0.25) is 4.90 Å². The molecular weight excluding hydrogens is 242 g/mol. The van der Waals surface area contributed by atoms with Crippen LogP contribution in [-0.4, -0.2) is 29.7 Å². The van der Waals surface area contributed by atoms with Gasteiger partial charge < -0.3 is 9.52 Å². The van der Waals surface area contributed by atoms with Crippen LogP contribution in [0.25, 0.3) is 11.0 Å². The zero-order valence-electron chi connectivity index (χ0n) is 11.3. The van der Waals surface area contributed by atoms with E-state index in [1.165, 1.54) is 0 Å². The third-order valence-corrected chi connectivity index (χ3v) is 3.24. The SMILES string of the molecule is CCN(CCO)Cc1cc(=O)oc2ccc(C)cc12. The van der Waals surface area contributed by atoms with Gasteiger partial charge in [-0.1, -0.05) is 18.6 Å². The Morgan fingerprint density at radius 2 is 2.11 bits per heavy atom. The van der Waals surface area contributed by atoms with Crippen LogP contribution in [0.5, 0.6) is 0 Å². The third-order valence-electron chi connectivity index (χ3n) is 3.24. The van der Waals surface area contributed by atoms with Crippen LogP contribution >= 0.6 is 0 Å². The van der Waals surface area contributed by atoms with Crippen molar-refractivity contribution in [3.8, 4) is 0 Å². The quantitative estimate of drug-likeness (QED) is 0.835. The molecule has 2 aromatic rings. The lowest BCUT2D eigenvalue weighted by Gasteiger charge is -2.19. The average molecular weight is 261 g/mol. The summed E-state index contributed by atoms with van der Waals surface area (Å²) in [5.41, 5.74) is 2.37. The number of rotatable bonds is 5. The summed E-state index contributed by atoms with van der Waals surface area (Å²) in [6.07, 6.45) is 0. The summed E-state index contributed by atoms with van der Waals surface area (Å²) >= 11 is 0. The second-order valence-electron chi connectivity index (χ2n) is 4.68. The Kier molecular flexibility index (Phi) is 4.35. The van der Waals surface area contributed by atoms with Crippen LogP contribution in [0.15, 0.2) is 33.5 Å². The highest BCUT2D eigenvalue weighted by atomic mass is 16.4. The molecule has 102 valence electrons. The largest absolute Gasteiger partial charge is 0.423 e. The van der Waals surface area contributed by atoms with Crippen LogP contribution in [0.3, 0.4) is 0 Å². The van der Waals surface area contributed by atoms with Crippen LogP contribution < -0.4 is 5.63 Å². The van der Waals surface area contributed by atoms with Crippen LogP contribution in [0.2, 0.25) is 0 Å². The molecule has 0 amide bonds. The molecule has 1 heterocycles. The van der Waals surface area contributed by atoms with Crippen molar-refractivity contribution in [2.24, 2.45) is 0 Å². The molecule has 0 saturated carbocycles. The number of hydrogen-bond acceptors (Lipinski definition) is 4. The predicted molar refractivity (Wildman–Crippen MR) is 75.3 cm³/mol. The van der Waals surface area contributed by atoms with E-state index in [2.05, 4.69) is 4.90 Å². The molecule has 1 aromatic carbocycles. The maximum atomic E-state index is 11.6. The van der Waals surface area contributed by atoms with Crippen molar-refractivity contribution in [1.82, 2.24) is 4.90 Å². The van der Waals surface area contributed by atoms with Crippen LogP contribution in [-0.2, 0) is 6.54 Å². The van der Waals surface area contributed by atoms with E-state index in [1.807, 2.05) is 32.0 Å². The van der Waals surface area contributed by atoms with Crippen molar-refractivity contribution in [2.45, 2.75) is 20.4 Å². The summed E-state index contributed by atoms with van der Waals surface area (Å²) in [6, 6.07) is 7.33. The van der Waals surface area contributed by atoms with Crippen molar-refractivity contribution in [2.75, 3.05) is 19.7 Å². The first-order valence-electron chi connectivity index (χ1n) is 6.50. The van der Waals surface area contributed by atoms with Crippen molar-refractivity contribution < 1.29 is 9.52 Å². The molecule has 0 radical (unpaired) electrons. The first kappa shape index (κ1) is 13.8. The van der Waals surface area contributed by atoms with E-state index >= 15 is 0 Å². The van der Waals surface area contributed by atoms with Gasteiger partial charge in [-0.15, -0.1) is 0 Å². The number of hydrogen-bond donors (Lipinski definition) is 1. The molecule has 0 spiro atoms. The highest BCUT2D eigenvalue weighted by Gasteiger charge is 2.09. The minimum Gasteiger partial charge on any atom is -0.423 e. The monoisotopic (exact) mass is 261 g/mol. The van der Waals surface area contributed by atoms with E-state index in [9.17, 15) is 4.79 Å². The molecule has 1 aromatic heterocycles. The molecule has 19 heavy (non-hydrogen) atoms. The smallest absolute Gasteiger partial charge is 0.336 e. The van der Waals surface area contributed by atoms with Gasteiger partial charge in [-0.25, -0.2) is 4.79 Å². The van der Waals surface area contributed by atoms with E-state index in [-0.39, 0.29) is 12.2 Å². The molecule has 0 aliphatic heterocycles. The molecule has 0 unspecified atom stereocenters. The number of aryl methyl sites for hydroxylation is 1. The Balaban J connectivity index is 2.46. The first-order valence-corrected chi connectivity index (χ1v) is 6.50. The fourth-order valence-corrected chi connectivity index (χ4v) is 2.20. The minimum absolute atomic E-state index is 0.117. The zero-order valence-corrected chi connectivity index (χ0v) is 11.3. The van der Waals surface area contributed by atoms with Gasteiger partial charge in [0.1, 0.15) is 5.58 Å². The Bertz CT molecular complexity index is 618. The van der Waals surface area contributed by atoms with Crippen LogP contribution in [0.1, 0.15) is 18.1 Å². The highest BCUT2D eigenvalue weighted by Crippen LogP contribution is 2.19. The lowest BCUT2D eigenvalue weighted by Crippen LogP contribution is -2.26. The number of fused-ring (bicyclic) bond motifs is 1. The summed E-state index contributed by atoms with van der Waals surface area (Å²) in [5, 5.41) is 10.0. The molecule has 0 aliphatic carbocycles. The Labute approximate surface area is 112 Å². The maximum Gasteiger partial charge on any atom is 0.336 e. The lowest BCUT2D eigenvalue weighted by atomic mass is 10.1.